The van der Waals surface area contributed by atoms with Gasteiger partial charge in [-0.25, -0.2) is 16.8 Å². The van der Waals surface area contributed by atoms with Crippen LogP contribution in [-0.4, -0.2) is 29.8 Å². The summed E-state index contributed by atoms with van der Waals surface area (Å²) in [5.41, 5.74) is 1.93. The van der Waals surface area contributed by atoms with Crippen LogP contribution in [0.1, 0.15) is 15.9 Å². The average molecular weight is 570 g/mol. The summed E-state index contributed by atoms with van der Waals surface area (Å²) >= 11 is 5.84. The Bertz CT molecular complexity index is 1670. The summed E-state index contributed by atoms with van der Waals surface area (Å²) in [6.07, 6.45) is 0. The van der Waals surface area contributed by atoms with Gasteiger partial charge in [-0.05, 0) is 79.7 Å². The van der Waals surface area contributed by atoms with Gasteiger partial charge in [-0.1, -0.05) is 41.4 Å². The number of nitrogens with zero attached hydrogens (tertiary/aromatic N) is 1. The van der Waals surface area contributed by atoms with Gasteiger partial charge in [-0.2, -0.15) is 0 Å². The van der Waals surface area contributed by atoms with Gasteiger partial charge in [0.05, 0.1) is 21.0 Å². The summed E-state index contributed by atoms with van der Waals surface area (Å²) < 4.78 is 55.3. The molecule has 4 aromatic rings. The van der Waals surface area contributed by atoms with Crippen molar-refractivity contribution in [1.82, 2.24) is 0 Å². The molecule has 38 heavy (non-hydrogen) atoms. The molecule has 2 N–H and O–H groups in total. The highest BCUT2D eigenvalue weighted by molar-refractivity contribution is 7.93. The van der Waals surface area contributed by atoms with Crippen LogP contribution in [0.4, 0.5) is 17.1 Å². The molecule has 0 aliphatic carbocycles. The van der Waals surface area contributed by atoms with Gasteiger partial charge in [0.2, 0.25) is 0 Å². The molecule has 0 aromatic heterocycles. The molecule has 196 valence electrons. The highest BCUT2D eigenvalue weighted by Crippen LogP contribution is 2.27. The lowest BCUT2D eigenvalue weighted by Gasteiger charge is -2.22. The maximum Gasteiger partial charge on any atom is 0.264 e. The van der Waals surface area contributed by atoms with Crippen molar-refractivity contribution < 1.29 is 21.6 Å². The van der Waals surface area contributed by atoms with Crippen molar-refractivity contribution in [1.29, 1.82) is 0 Å². The minimum atomic E-state index is -3.92. The lowest BCUT2D eigenvalue weighted by Crippen LogP contribution is -2.29. The number of carbonyl (C=O) groups is 1. The van der Waals surface area contributed by atoms with Crippen LogP contribution in [0.5, 0.6) is 0 Å². The first-order chi connectivity index (χ1) is 18.0. The average Bonchev–Trinajstić information content (AvgIpc) is 2.90. The molecule has 0 bridgehead atoms. The molecule has 0 aliphatic heterocycles. The Morgan fingerprint density at radius 1 is 0.737 bits per heavy atom. The Balaban J connectivity index is 1.53. The fraction of sp³-hybridized carbons (Fsp3) is 0.0741. The summed E-state index contributed by atoms with van der Waals surface area (Å²) in [5, 5.41) is 3.18. The number of nitrogens with one attached hydrogen (secondary N) is 2. The number of sulfonamides is 2. The normalized spacial score (nSPS) is 11.6. The molecule has 8 nitrogen and oxygen atoms in total. The second-order valence-electron chi connectivity index (χ2n) is 8.39. The number of rotatable bonds is 8. The van der Waals surface area contributed by atoms with Crippen molar-refractivity contribution in [2.75, 3.05) is 21.4 Å². The highest BCUT2D eigenvalue weighted by atomic mass is 35.5. The second-order valence-corrected chi connectivity index (χ2v) is 12.5. The Kier molecular flexibility index (Phi) is 7.77. The molecule has 1 amide bonds. The molecular weight excluding hydrogens is 546 g/mol. The number of benzene rings is 4. The van der Waals surface area contributed by atoms with Gasteiger partial charge in [0.1, 0.15) is 0 Å². The number of anilines is 3. The van der Waals surface area contributed by atoms with E-state index in [9.17, 15) is 21.6 Å². The van der Waals surface area contributed by atoms with Gasteiger partial charge in [-0.3, -0.25) is 13.8 Å². The number of hydrogen-bond donors (Lipinski definition) is 2. The number of aryl methyl sites for hydroxylation is 1. The van der Waals surface area contributed by atoms with Gasteiger partial charge in [0.15, 0.2) is 0 Å². The monoisotopic (exact) mass is 569 g/mol. The maximum atomic E-state index is 13.2. The molecule has 4 rings (SSSR count). The zero-order valence-corrected chi connectivity index (χ0v) is 22.8. The van der Waals surface area contributed by atoms with E-state index >= 15 is 0 Å². The summed E-state index contributed by atoms with van der Waals surface area (Å²) in [5.74, 6) is -0.554. The number of hydrogen-bond acceptors (Lipinski definition) is 5. The van der Waals surface area contributed by atoms with E-state index in [-0.39, 0.29) is 21.0 Å². The molecule has 0 atom stereocenters. The Morgan fingerprint density at radius 3 is 1.92 bits per heavy atom. The molecule has 11 heteroatoms. The molecule has 0 aliphatic rings. The molecule has 0 spiro atoms. The first-order valence-corrected chi connectivity index (χ1v) is 14.6. The zero-order chi connectivity index (χ0) is 27.5. The van der Waals surface area contributed by atoms with E-state index in [1.54, 1.807) is 54.6 Å². The first-order valence-electron chi connectivity index (χ1n) is 11.3. The standard InChI is InChI=1S/C27H24ClN3O5S2/c1-19-7-15-24(16-8-19)38(35,36)31(2)26-6-4-3-5-25(26)27(32)29-21-13-17-23(18-14-21)37(33,34)30-22-11-9-20(28)10-12-22/h3-18,30H,1-2H3,(H,29,32). The van der Waals surface area contributed by atoms with Crippen LogP contribution >= 0.6 is 11.6 Å². The minimum absolute atomic E-state index is 0.00484. The number of carbonyl (C=O) groups excluding carboxylic acids is 1. The Morgan fingerprint density at radius 2 is 1.29 bits per heavy atom. The fourth-order valence-electron chi connectivity index (χ4n) is 3.59. The van der Waals surface area contributed by atoms with E-state index in [0.717, 1.165) is 9.87 Å². The maximum absolute atomic E-state index is 13.2. The van der Waals surface area contributed by atoms with Crippen LogP contribution in [0.3, 0.4) is 0 Å². The fourth-order valence-corrected chi connectivity index (χ4v) is 5.98. The van der Waals surface area contributed by atoms with Crippen LogP contribution in [0, 0.1) is 6.92 Å². The van der Waals surface area contributed by atoms with E-state index in [1.807, 2.05) is 6.92 Å². The lowest BCUT2D eigenvalue weighted by atomic mass is 10.1. The van der Waals surface area contributed by atoms with E-state index < -0.39 is 26.0 Å². The third-order valence-electron chi connectivity index (χ3n) is 5.69. The van der Waals surface area contributed by atoms with Crippen molar-refractivity contribution in [3.05, 3.63) is 113 Å². The molecule has 0 heterocycles. The van der Waals surface area contributed by atoms with Gasteiger partial charge in [0.25, 0.3) is 26.0 Å². The Hall–Kier alpha value is -3.86. The van der Waals surface area contributed by atoms with Gasteiger partial charge >= 0.3 is 0 Å². The highest BCUT2D eigenvalue weighted by Gasteiger charge is 2.25. The van der Waals surface area contributed by atoms with Crippen LogP contribution in [0.15, 0.2) is 107 Å². The van der Waals surface area contributed by atoms with Crippen molar-refractivity contribution >= 4 is 54.6 Å². The first kappa shape index (κ1) is 27.2. The number of para-hydroxylation sites is 1. The summed E-state index contributed by atoms with van der Waals surface area (Å²) in [4.78, 5) is 13.2. The minimum Gasteiger partial charge on any atom is -0.322 e. The second kappa shape index (κ2) is 10.9. The van der Waals surface area contributed by atoms with Crippen LogP contribution < -0.4 is 14.3 Å². The van der Waals surface area contributed by atoms with E-state index in [1.165, 1.54) is 49.5 Å². The third kappa shape index (κ3) is 5.99. The predicted molar refractivity (Wildman–Crippen MR) is 150 cm³/mol. The lowest BCUT2D eigenvalue weighted by molar-refractivity contribution is 0.102. The zero-order valence-electron chi connectivity index (χ0n) is 20.4. The molecule has 4 aromatic carbocycles. The summed E-state index contributed by atoms with van der Waals surface area (Å²) in [6.45, 7) is 1.86. The third-order valence-corrected chi connectivity index (χ3v) is 9.12. The van der Waals surface area contributed by atoms with E-state index in [2.05, 4.69) is 10.0 Å². The van der Waals surface area contributed by atoms with Crippen molar-refractivity contribution in [3.63, 3.8) is 0 Å². The van der Waals surface area contributed by atoms with Crippen LogP contribution in [0.2, 0.25) is 5.02 Å². The number of halogens is 1. The molecule has 0 fully saturated rings. The molecule has 0 radical (unpaired) electrons. The van der Waals surface area contributed by atoms with E-state index in [4.69, 9.17) is 11.6 Å². The van der Waals surface area contributed by atoms with Gasteiger partial charge in [0, 0.05) is 23.4 Å². The smallest absolute Gasteiger partial charge is 0.264 e. The molecule has 0 unspecified atom stereocenters. The molecule has 0 saturated heterocycles. The van der Waals surface area contributed by atoms with Crippen molar-refractivity contribution in [2.45, 2.75) is 16.7 Å². The Labute approximate surface area is 227 Å². The summed E-state index contributed by atoms with van der Waals surface area (Å²) in [6, 6.07) is 24.6. The molecular formula is C27H24ClN3O5S2. The largest absolute Gasteiger partial charge is 0.322 e. The van der Waals surface area contributed by atoms with Crippen molar-refractivity contribution in [2.24, 2.45) is 0 Å². The summed E-state index contributed by atoms with van der Waals surface area (Å²) in [7, 11) is -6.40. The van der Waals surface area contributed by atoms with Crippen molar-refractivity contribution in [3.8, 4) is 0 Å². The molecule has 0 saturated carbocycles. The number of amides is 1. The van der Waals surface area contributed by atoms with Crippen LogP contribution in [-0.2, 0) is 20.0 Å². The van der Waals surface area contributed by atoms with Gasteiger partial charge < -0.3 is 5.32 Å². The van der Waals surface area contributed by atoms with Crippen LogP contribution in [0.25, 0.3) is 0 Å². The quantitative estimate of drug-likeness (QED) is 0.290. The predicted octanol–water partition coefficient (Wildman–Crippen LogP) is 5.53. The SMILES string of the molecule is Cc1ccc(S(=O)(=O)N(C)c2ccccc2C(=O)Nc2ccc(S(=O)(=O)Nc3ccc(Cl)cc3)cc2)cc1. The topological polar surface area (TPSA) is 113 Å². The van der Waals surface area contributed by atoms with Gasteiger partial charge in [-0.15, -0.1) is 0 Å². The van der Waals surface area contributed by atoms with E-state index in [0.29, 0.717) is 16.4 Å².